The van der Waals surface area contributed by atoms with Gasteiger partial charge in [0.05, 0.1) is 17.2 Å². The van der Waals surface area contributed by atoms with Crippen LogP contribution in [0.3, 0.4) is 0 Å². The fourth-order valence-electron chi connectivity index (χ4n) is 5.78. The van der Waals surface area contributed by atoms with E-state index >= 15 is 0 Å². The Hall–Kier alpha value is -3.88. The number of carbonyl (C=O) groups excluding carboxylic acids is 3. The molecule has 0 saturated carbocycles. The van der Waals surface area contributed by atoms with E-state index < -0.39 is 63.8 Å². The number of phenols is 1. The van der Waals surface area contributed by atoms with Gasteiger partial charge in [-0.05, 0) is 44.5 Å². The Bertz CT molecular complexity index is 1300. The summed E-state index contributed by atoms with van der Waals surface area (Å²) in [6, 6.07) is 2.26. The average Bonchev–Trinajstić information content (AvgIpc) is 2.75. The maximum absolute atomic E-state index is 13.7. The van der Waals surface area contributed by atoms with Gasteiger partial charge in [-0.15, -0.1) is 0 Å². The van der Waals surface area contributed by atoms with E-state index in [0.29, 0.717) is 11.3 Å². The Morgan fingerprint density at radius 2 is 1.83 bits per heavy atom. The highest BCUT2D eigenvalue weighted by Crippen LogP contribution is 2.53. The van der Waals surface area contributed by atoms with Crippen LogP contribution >= 0.6 is 0 Å². The van der Waals surface area contributed by atoms with Crippen LogP contribution in [0.25, 0.3) is 0 Å². The van der Waals surface area contributed by atoms with Gasteiger partial charge in [0.15, 0.2) is 11.4 Å². The summed E-state index contributed by atoms with van der Waals surface area (Å²) >= 11 is 0. The van der Waals surface area contributed by atoms with Crippen molar-refractivity contribution >= 4 is 23.2 Å². The summed E-state index contributed by atoms with van der Waals surface area (Å²) in [6.07, 6.45) is 0.153. The van der Waals surface area contributed by atoms with Crippen molar-refractivity contribution in [1.82, 2.24) is 4.90 Å². The highest BCUT2D eigenvalue weighted by molar-refractivity contribution is 6.25. The fourth-order valence-corrected chi connectivity index (χ4v) is 5.78. The van der Waals surface area contributed by atoms with Crippen LogP contribution in [0.15, 0.2) is 28.7 Å². The fraction of sp³-hybridized carbons (Fsp3) is 0.417. The SMILES string of the molecule is CN(C)c1cc(C#N)c(O)c2c1C[C@H]1C[C@H]3[C@@H](N(C)C)C(O)=C(C(N)=O)C(=O)C3(O)C(O)=C1C2=O. The maximum Gasteiger partial charge on any atom is 0.255 e. The number of allylic oxidation sites excluding steroid dienone is 1. The number of amides is 1. The molecular formula is C24H26N4O7. The number of nitrogens with two attached hydrogens (primary N) is 1. The number of primary amides is 1. The van der Waals surface area contributed by atoms with Crippen molar-refractivity contribution in [2.24, 2.45) is 17.6 Å². The minimum absolute atomic E-state index is 0.000601. The van der Waals surface area contributed by atoms with E-state index in [1.807, 2.05) is 6.07 Å². The first-order valence-electron chi connectivity index (χ1n) is 10.9. The second-order valence-electron chi connectivity index (χ2n) is 9.61. The second kappa shape index (κ2) is 7.83. The highest BCUT2D eigenvalue weighted by atomic mass is 16.3. The zero-order valence-electron chi connectivity index (χ0n) is 19.7. The Balaban J connectivity index is 2.01. The molecule has 1 unspecified atom stereocenters. The van der Waals surface area contributed by atoms with Gasteiger partial charge in [-0.2, -0.15) is 5.26 Å². The van der Waals surface area contributed by atoms with Gasteiger partial charge in [-0.25, -0.2) is 0 Å². The first-order chi connectivity index (χ1) is 16.3. The van der Waals surface area contributed by atoms with E-state index in [9.17, 15) is 40.1 Å². The quantitative estimate of drug-likeness (QED) is 0.368. The summed E-state index contributed by atoms with van der Waals surface area (Å²) in [5.41, 5.74) is 2.16. The van der Waals surface area contributed by atoms with Crippen LogP contribution in [0.1, 0.15) is 27.9 Å². The summed E-state index contributed by atoms with van der Waals surface area (Å²) in [5, 5.41) is 53.8. The molecule has 0 spiro atoms. The molecule has 6 N–H and O–H groups in total. The summed E-state index contributed by atoms with van der Waals surface area (Å²) in [7, 11) is 6.57. The van der Waals surface area contributed by atoms with E-state index in [1.165, 1.54) is 11.0 Å². The Labute approximate surface area is 201 Å². The topological polar surface area (TPSA) is 188 Å². The lowest BCUT2D eigenvalue weighted by atomic mass is 9.58. The smallest absolute Gasteiger partial charge is 0.255 e. The standard InChI is InChI=1S/C24H26N4O7/c1-27(2)13-7-10(8-25)18(29)15-11(13)5-9-6-12-17(28(3)4)20(31)16(23(26)34)22(33)24(12,35)21(32)14(9)19(15)30/h7,9,12,17,29,31-32,35H,5-6H2,1-4H3,(H2,26,34)/t9-,12-,17+,24?/m0/s1. The number of hydrogen-bond donors (Lipinski definition) is 5. The summed E-state index contributed by atoms with van der Waals surface area (Å²) < 4.78 is 0. The molecular weight excluding hydrogens is 456 g/mol. The van der Waals surface area contributed by atoms with Gasteiger partial charge in [0, 0.05) is 31.3 Å². The number of Topliss-reactive ketones (excluding diaryl/α,β-unsaturated/α-hetero) is 2. The molecule has 1 aromatic carbocycles. The van der Waals surface area contributed by atoms with Crippen molar-refractivity contribution in [3.05, 3.63) is 45.4 Å². The molecule has 4 rings (SSSR count). The van der Waals surface area contributed by atoms with Crippen molar-refractivity contribution < 1.29 is 34.8 Å². The number of carbonyl (C=O) groups is 3. The lowest BCUT2D eigenvalue weighted by Crippen LogP contribution is -2.63. The Morgan fingerprint density at radius 3 is 2.34 bits per heavy atom. The third kappa shape index (κ3) is 3.07. The third-order valence-corrected chi connectivity index (χ3v) is 7.30. The van der Waals surface area contributed by atoms with E-state index in [1.54, 1.807) is 33.1 Å². The van der Waals surface area contributed by atoms with Crippen molar-refractivity contribution in [1.29, 1.82) is 5.26 Å². The number of aliphatic hydroxyl groups is 3. The van der Waals surface area contributed by atoms with E-state index in [-0.39, 0.29) is 29.5 Å². The largest absolute Gasteiger partial charge is 0.510 e. The molecule has 3 aliphatic carbocycles. The highest BCUT2D eigenvalue weighted by Gasteiger charge is 2.63. The summed E-state index contributed by atoms with van der Waals surface area (Å²) in [6.45, 7) is 0. The number of aromatic hydroxyl groups is 1. The van der Waals surface area contributed by atoms with Crippen LogP contribution in [0.4, 0.5) is 5.69 Å². The number of hydrogen-bond acceptors (Lipinski definition) is 10. The molecule has 184 valence electrons. The van der Waals surface area contributed by atoms with Crippen LogP contribution in [0, 0.1) is 23.2 Å². The average molecular weight is 482 g/mol. The number of nitriles is 1. The zero-order valence-corrected chi connectivity index (χ0v) is 19.7. The Morgan fingerprint density at radius 1 is 1.20 bits per heavy atom. The number of anilines is 1. The molecule has 0 saturated heterocycles. The monoisotopic (exact) mass is 482 g/mol. The lowest BCUT2D eigenvalue weighted by Gasteiger charge is -2.50. The first-order valence-corrected chi connectivity index (χ1v) is 10.9. The van der Waals surface area contributed by atoms with Crippen molar-refractivity contribution in [2.45, 2.75) is 24.5 Å². The number of aliphatic hydroxyl groups excluding tert-OH is 2. The molecule has 1 aromatic rings. The molecule has 0 fully saturated rings. The van der Waals surface area contributed by atoms with Gasteiger partial charge in [-0.1, -0.05) is 0 Å². The van der Waals surface area contributed by atoms with Gasteiger partial charge in [0.2, 0.25) is 5.78 Å². The predicted octanol–water partition coefficient (Wildman–Crippen LogP) is 0.0583. The van der Waals surface area contributed by atoms with Crippen molar-refractivity contribution in [3.8, 4) is 11.8 Å². The summed E-state index contributed by atoms with van der Waals surface area (Å²) in [5.74, 6) is -7.28. The number of fused-ring (bicyclic) bond motifs is 3. The number of phenolic OH excluding ortho intramolecular Hbond substituents is 1. The molecule has 11 nitrogen and oxygen atoms in total. The van der Waals surface area contributed by atoms with Crippen LogP contribution < -0.4 is 10.6 Å². The predicted molar refractivity (Wildman–Crippen MR) is 123 cm³/mol. The molecule has 4 atom stereocenters. The number of rotatable bonds is 3. The molecule has 11 heteroatoms. The van der Waals surface area contributed by atoms with E-state index in [2.05, 4.69) is 0 Å². The number of benzene rings is 1. The van der Waals surface area contributed by atoms with Crippen LogP contribution in [0.2, 0.25) is 0 Å². The molecule has 0 aliphatic heterocycles. The molecule has 0 bridgehead atoms. The van der Waals surface area contributed by atoms with Gasteiger partial charge in [0.1, 0.15) is 28.9 Å². The van der Waals surface area contributed by atoms with Gasteiger partial charge in [-0.3, -0.25) is 19.3 Å². The molecule has 0 heterocycles. The normalized spacial score (nSPS) is 27.9. The molecule has 0 radical (unpaired) electrons. The Kier molecular flexibility index (Phi) is 5.42. The molecule has 3 aliphatic rings. The van der Waals surface area contributed by atoms with Crippen molar-refractivity contribution in [3.63, 3.8) is 0 Å². The number of nitrogens with zero attached hydrogens (tertiary/aromatic N) is 3. The van der Waals surface area contributed by atoms with Crippen LogP contribution in [0.5, 0.6) is 5.75 Å². The first kappa shape index (κ1) is 24.3. The summed E-state index contributed by atoms with van der Waals surface area (Å²) in [4.78, 5) is 42.1. The van der Waals surface area contributed by atoms with Crippen LogP contribution in [-0.2, 0) is 16.0 Å². The number of ketones is 2. The minimum atomic E-state index is -2.70. The van der Waals surface area contributed by atoms with Gasteiger partial charge < -0.3 is 31.1 Å². The lowest BCUT2D eigenvalue weighted by molar-refractivity contribution is -0.148. The second-order valence-corrected chi connectivity index (χ2v) is 9.61. The maximum atomic E-state index is 13.7. The zero-order chi connectivity index (χ0) is 26.1. The van der Waals surface area contributed by atoms with Gasteiger partial charge >= 0.3 is 0 Å². The third-order valence-electron chi connectivity index (χ3n) is 7.30. The molecule has 0 aromatic heterocycles. The molecule has 35 heavy (non-hydrogen) atoms. The number of likely N-dealkylation sites (N-methyl/N-ethyl adjacent to an activating group) is 1. The van der Waals surface area contributed by atoms with Gasteiger partial charge in [0.25, 0.3) is 5.91 Å². The van der Waals surface area contributed by atoms with Crippen LogP contribution in [-0.4, -0.2) is 82.6 Å². The van der Waals surface area contributed by atoms with E-state index in [4.69, 9.17) is 5.73 Å². The molecule has 1 amide bonds. The van der Waals surface area contributed by atoms with E-state index in [0.717, 1.165) is 0 Å². The van der Waals surface area contributed by atoms with Crippen molar-refractivity contribution in [2.75, 3.05) is 33.1 Å². The minimum Gasteiger partial charge on any atom is -0.510 e.